The van der Waals surface area contributed by atoms with Crippen LogP contribution in [0.15, 0.2) is 87.2 Å². The number of benzene rings is 3. The lowest BCUT2D eigenvalue weighted by molar-refractivity contribution is 0.0487. The standard InChI is InChI=1S/C25H23N3O5S/c1-18-11-13-19(14-12-18)25(29)33-16-15-28(26-17-20-7-3-5-9-22(20)32-2)24-21-8-4-6-10-23(21)34(30,31)27-24/h3-14,17H,15-16H2,1-2H3/b26-17-. The van der Waals surface area contributed by atoms with E-state index in [2.05, 4.69) is 9.50 Å². The lowest BCUT2D eigenvalue weighted by atomic mass is 10.1. The van der Waals surface area contributed by atoms with E-state index in [0.29, 0.717) is 22.4 Å². The Labute approximate surface area is 198 Å². The lowest BCUT2D eigenvalue weighted by Crippen LogP contribution is -2.30. The number of amidine groups is 1. The quantitative estimate of drug-likeness (QED) is 0.293. The largest absolute Gasteiger partial charge is 0.496 e. The summed E-state index contributed by atoms with van der Waals surface area (Å²) in [6.07, 6.45) is 1.55. The number of rotatable bonds is 7. The van der Waals surface area contributed by atoms with Crippen molar-refractivity contribution < 1.29 is 22.7 Å². The number of para-hydroxylation sites is 1. The smallest absolute Gasteiger partial charge is 0.338 e. The SMILES string of the molecule is COc1ccccc1/C=N\N(CCOC(=O)c1ccc(C)cc1)C1=NS(=O)(=O)c2ccccc21. The van der Waals surface area contributed by atoms with Gasteiger partial charge in [0, 0.05) is 11.1 Å². The van der Waals surface area contributed by atoms with Crippen molar-refractivity contribution in [3.8, 4) is 5.75 Å². The summed E-state index contributed by atoms with van der Waals surface area (Å²) in [5.41, 5.74) is 2.60. The van der Waals surface area contributed by atoms with Gasteiger partial charge in [0.2, 0.25) is 0 Å². The molecular formula is C25H23N3O5S. The zero-order chi connectivity index (χ0) is 24.1. The first-order valence-corrected chi connectivity index (χ1v) is 12.0. The highest BCUT2D eigenvalue weighted by atomic mass is 32.2. The van der Waals surface area contributed by atoms with Crippen molar-refractivity contribution in [2.45, 2.75) is 11.8 Å². The Bertz CT molecular complexity index is 1370. The number of sulfonamides is 1. The minimum absolute atomic E-state index is 0.0305. The van der Waals surface area contributed by atoms with Crippen LogP contribution in [0.25, 0.3) is 0 Å². The molecule has 34 heavy (non-hydrogen) atoms. The number of carbonyl (C=O) groups is 1. The van der Waals surface area contributed by atoms with Crippen LogP contribution in [-0.2, 0) is 14.8 Å². The molecule has 3 aromatic rings. The summed E-state index contributed by atoms with van der Waals surface area (Å²) in [4.78, 5) is 12.5. The van der Waals surface area contributed by atoms with E-state index in [4.69, 9.17) is 9.47 Å². The average molecular weight is 478 g/mol. The molecule has 0 N–H and O–H groups in total. The maximum absolute atomic E-state index is 12.6. The molecule has 1 heterocycles. The molecule has 174 valence electrons. The maximum atomic E-state index is 12.6. The Morgan fingerprint density at radius 2 is 1.74 bits per heavy atom. The number of nitrogens with zero attached hydrogens (tertiary/aromatic N) is 3. The van der Waals surface area contributed by atoms with Gasteiger partial charge in [-0.3, -0.25) is 0 Å². The summed E-state index contributed by atoms with van der Waals surface area (Å²) in [5, 5.41) is 5.89. The van der Waals surface area contributed by atoms with Gasteiger partial charge in [0.15, 0.2) is 5.84 Å². The van der Waals surface area contributed by atoms with Gasteiger partial charge >= 0.3 is 5.97 Å². The highest BCUT2D eigenvalue weighted by Crippen LogP contribution is 2.27. The molecule has 3 aromatic carbocycles. The first-order valence-electron chi connectivity index (χ1n) is 10.5. The number of hydrogen-bond acceptors (Lipinski definition) is 7. The number of aryl methyl sites for hydroxylation is 1. The number of ether oxygens (including phenoxy) is 2. The molecule has 0 aliphatic carbocycles. The van der Waals surface area contributed by atoms with Crippen molar-refractivity contribution in [2.24, 2.45) is 9.50 Å². The van der Waals surface area contributed by atoms with Gasteiger partial charge in [-0.05, 0) is 43.3 Å². The molecule has 0 aromatic heterocycles. The first kappa shape index (κ1) is 23.2. The molecule has 0 radical (unpaired) electrons. The van der Waals surface area contributed by atoms with Crippen molar-refractivity contribution in [1.29, 1.82) is 0 Å². The van der Waals surface area contributed by atoms with Gasteiger partial charge < -0.3 is 9.47 Å². The van der Waals surface area contributed by atoms with E-state index in [1.165, 1.54) is 11.1 Å². The topological polar surface area (TPSA) is 97.6 Å². The van der Waals surface area contributed by atoms with E-state index in [1.807, 2.05) is 37.3 Å². The molecule has 0 unspecified atom stereocenters. The zero-order valence-electron chi connectivity index (χ0n) is 18.7. The number of methoxy groups -OCH3 is 1. The second-order valence-corrected chi connectivity index (χ2v) is 9.07. The summed E-state index contributed by atoms with van der Waals surface area (Å²) in [6.45, 7) is 1.99. The second kappa shape index (κ2) is 9.88. The Morgan fingerprint density at radius 1 is 1.03 bits per heavy atom. The van der Waals surface area contributed by atoms with Crippen LogP contribution in [-0.4, -0.2) is 51.7 Å². The van der Waals surface area contributed by atoms with Crippen LogP contribution in [0.2, 0.25) is 0 Å². The molecule has 0 bridgehead atoms. The average Bonchev–Trinajstić information content (AvgIpc) is 3.12. The van der Waals surface area contributed by atoms with E-state index >= 15 is 0 Å². The lowest BCUT2D eigenvalue weighted by Gasteiger charge is -2.19. The maximum Gasteiger partial charge on any atom is 0.338 e. The number of hydrogen-bond donors (Lipinski definition) is 0. The Morgan fingerprint density at radius 3 is 2.50 bits per heavy atom. The van der Waals surface area contributed by atoms with Gasteiger partial charge in [-0.25, -0.2) is 9.80 Å². The molecule has 0 atom stereocenters. The van der Waals surface area contributed by atoms with Crippen LogP contribution in [0.4, 0.5) is 0 Å². The second-order valence-electron chi connectivity index (χ2n) is 7.50. The van der Waals surface area contributed by atoms with E-state index < -0.39 is 16.0 Å². The third-order valence-electron chi connectivity index (χ3n) is 5.16. The molecule has 0 spiro atoms. The molecular weight excluding hydrogens is 454 g/mol. The molecule has 4 rings (SSSR count). The summed E-state index contributed by atoms with van der Waals surface area (Å²) in [7, 11) is -2.29. The van der Waals surface area contributed by atoms with Gasteiger partial charge in [0.1, 0.15) is 17.3 Å². The molecule has 1 aliphatic rings. The van der Waals surface area contributed by atoms with E-state index in [1.54, 1.807) is 49.7 Å². The van der Waals surface area contributed by atoms with E-state index in [0.717, 1.165) is 5.56 Å². The fourth-order valence-corrected chi connectivity index (χ4v) is 4.60. The third kappa shape index (κ3) is 4.99. The van der Waals surface area contributed by atoms with E-state index in [9.17, 15) is 13.2 Å². The molecule has 0 amide bonds. The van der Waals surface area contributed by atoms with Gasteiger partial charge in [-0.2, -0.15) is 13.5 Å². The van der Waals surface area contributed by atoms with Crippen molar-refractivity contribution in [2.75, 3.05) is 20.3 Å². The number of hydrazone groups is 1. The number of fused-ring (bicyclic) bond motifs is 1. The van der Waals surface area contributed by atoms with Crippen molar-refractivity contribution in [3.63, 3.8) is 0 Å². The minimum atomic E-state index is -3.84. The van der Waals surface area contributed by atoms with Crippen LogP contribution in [0.5, 0.6) is 5.75 Å². The molecule has 9 heteroatoms. The van der Waals surface area contributed by atoms with Gasteiger partial charge in [0.25, 0.3) is 10.0 Å². The number of esters is 1. The normalized spacial score (nSPS) is 13.9. The summed E-state index contributed by atoms with van der Waals surface area (Å²) >= 11 is 0. The van der Waals surface area contributed by atoms with Crippen molar-refractivity contribution >= 4 is 28.0 Å². The van der Waals surface area contributed by atoms with Crippen LogP contribution >= 0.6 is 0 Å². The van der Waals surface area contributed by atoms with Crippen LogP contribution < -0.4 is 4.74 Å². The minimum Gasteiger partial charge on any atom is -0.496 e. The molecule has 0 saturated carbocycles. The van der Waals surface area contributed by atoms with Gasteiger partial charge in [0.05, 0.1) is 25.4 Å². The first-order chi connectivity index (χ1) is 16.4. The predicted octanol–water partition coefficient (Wildman–Crippen LogP) is 3.65. The van der Waals surface area contributed by atoms with Crippen LogP contribution in [0.1, 0.15) is 27.0 Å². The Hall–Kier alpha value is -3.98. The molecule has 1 aliphatic heterocycles. The fraction of sp³-hybridized carbons (Fsp3) is 0.160. The van der Waals surface area contributed by atoms with E-state index in [-0.39, 0.29) is 23.9 Å². The summed E-state index contributed by atoms with van der Waals surface area (Å²) in [6, 6.07) is 20.9. The van der Waals surface area contributed by atoms with Crippen LogP contribution in [0, 0.1) is 6.92 Å². The van der Waals surface area contributed by atoms with Gasteiger partial charge in [-0.1, -0.05) is 42.0 Å². The zero-order valence-corrected chi connectivity index (χ0v) is 19.5. The summed E-state index contributed by atoms with van der Waals surface area (Å²) < 4.78 is 39.8. The fourth-order valence-electron chi connectivity index (χ4n) is 3.40. The monoisotopic (exact) mass is 477 g/mol. The molecule has 0 fully saturated rings. The Balaban J connectivity index is 1.59. The number of carbonyl (C=O) groups excluding carboxylic acids is 1. The predicted molar refractivity (Wildman–Crippen MR) is 129 cm³/mol. The molecule has 0 saturated heterocycles. The Kier molecular flexibility index (Phi) is 6.74. The van der Waals surface area contributed by atoms with Crippen LogP contribution in [0.3, 0.4) is 0 Å². The molecule has 8 nitrogen and oxygen atoms in total. The highest BCUT2D eigenvalue weighted by Gasteiger charge is 2.31. The summed E-state index contributed by atoms with van der Waals surface area (Å²) in [5.74, 6) is 0.293. The third-order valence-corrected chi connectivity index (χ3v) is 6.48. The van der Waals surface area contributed by atoms with Gasteiger partial charge in [-0.15, -0.1) is 4.40 Å². The van der Waals surface area contributed by atoms with Crippen molar-refractivity contribution in [1.82, 2.24) is 5.01 Å². The highest BCUT2D eigenvalue weighted by molar-refractivity contribution is 7.90. The van der Waals surface area contributed by atoms with Crippen molar-refractivity contribution in [3.05, 3.63) is 95.1 Å².